The van der Waals surface area contributed by atoms with Crippen molar-refractivity contribution in [2.75, 3.05) is 0 Å². The molecule has 0 bridgehead atoms. The number of carbonyl (C=O) groups excluding carboxylic acids is 2. The van der Waals surface area contributed by atoms with Crippen molar-refractivity contribution in [3.05, 3.63) is 75.9 Å². The van der Waals surface area contributed by atoms with Gasteiger partial charge in [0.25, 0.3) is 0 Å². The van der Waals surface area contributed by atoms with Crippen molar-refractivity contribution in [1.29, 1.82) is 0 Å². The highest BCUT2D eigenvalue weighted by Crippen LogP contribution is 2.30. The number of pyridine rings is 1. The Morgan fingerprint density at radius 3 is 2.17 bits per heavy atom. The van der Waals surface area contributed by atoms with Gasteiger partial charge in [-0.3, -0.25) is 14.6 Å². The molecule has 1 aliphatic rings. The molecule has 0 N–H and O–H groups in total. The lowest BCUT2D eigenvalue weighted by molar-refractivity contribution is 0.0969. The van der Waals surface area contributed by atoms with Crippen molar-refractivity contribution in [3.63, 3.8) is 0 Å². The maximum atomic E-state index is 13.4. The lowest BCUT2D eigenvalue weighted by atomic mass is 9.80. The smallest absolute Gasteiger partial charge is 0.190 e. The second kappa shape index (κ2) is 6.48. The van der Waals surface area contributed by atoms with Crippen molar-refractivity contribution in [2.45, 2.75) is 33.1 Å². The third kappa shape index (κ3) is 2.80. The third-order valence-electron chi connectivity index (χ3n) is 4.27. The summed E-state index contributed by atoms with van der Waals surface area (Å²) >= 11 is 0. The molecular weight excluding hydrogens is 305 g/mol. The molecular formula is C20H18FNO2. The number of hydrogen-bond acceptors (Lipinski definition) is 3. The molecule has 0 fully saturated rings. The zero-order chi connectivity index (χ0) is 17.3. The summed E-state index contributed by atoms with van der Waals surface area (Å²) in [6.45, 7) is 3.56. The zero-order valence-electron chi connectivity index (χ0n) is 13.7. The highest BCUT2D eigenvalue weighted by Gasteiger charge is 2.31. The average Bonchev–Trinajstić information content (AvgIpc) is 2.59. The summed E-state index contributed by atoms with van der Waals surface area (Å²) < 4.78 is 13.4. The van der Waals surface area contributed by atoms with E-state index in [1.165, 1.54) is 6.07 Å². The van der Waals surface area contributed by atoms with E-state index < -0.39 is 0 Å². The Labute approximate surface area is 140 Å². The van der Waals surface area contributed by atoms with Crippen LogP contribution in [0.3, 0.4) is 0 Å². The molecule has 0 spiro atoms. The molecule has 122 valence electrons. The van der Waals surface area contributed by atoms with E-state index in [9.17, 15) is 14.0 Å². The van der Waals surface area contributed by atoms with Crippen LogP contribution in [0.1, 0.15) is 51.9 Å². The van der Waals surface area contributed by atoms with Gasteiger partial charge in [0.2, 0.25) is 0 Å². The number of benzene rings is 1. The summed E-state index contributed by atoms with van der Waals surface area (Å²) in [6.07, 6.45) is 1.57. The number of ketones is 2. The fraction of sp³-hybridized carbons (Fsp3) is 0.250. The quantitative estimate of drug-likeness (QED) is 0.845. The third-order valence-corrected chi connectivity index (χ3v) is 4.27. The first-order chi connectivity index (χ1) is 11.5. The predicted molar refractivity (Wildman–Crippen MR) is 89.7 cm³/mol. The van der Waals surface area contributed by atoms with Gasteiger partial charge in [0.05, 0.1) is 5.69 Å². The summed E-state index contributed by atoms with van der Waals surface area (Å²) in [6, 6.07) is 9.82. The molecule has 0 saturated carbocycles. The summed E-state index contributed by atoms with van der Waals surface area (Å²) in [5, 5.41) is 0. The van der Waals surface area contributed by atoms with Crippen LogP contribution in [0.2, 0.25) is 0 Å². The first-order valence-electron chi connectivity index (χ1n) is 8.05. The number of Topliss-reactive ketones (excluding diaryl/α,β-unsaturated/α-hetero) is 2. The monoisotopic (exact) mass is 323 g/mol. The van der Waals surface area contributed by atoms with E-state index >= 15 is 0 Å². The number of hydrogen-bond donors (Lipinski definition) is 0. The number of allylic oxidation sites excluding steroid dienone is 2. The SMILES string of the molecule is CCCC1=C(Cc2ccc(F)c(C)n2)C(=O)c2ccccc2C1=O. The summed E-state index contributed by atoms with van der Waals surface area (Å²) in [5.41, 5.74) is 2.84. The maximum absolute atomic E-state index is 13.4. The van der Waals surface area contributed by atoms with Crippen LogP contribution in [0.4, 0.5) is 4.39 Å². The Morgan fingerprint density at radius 1 is 0.958 bits per heavy atom. The highest BCUT2D eigenvalue weighted by atomic mass is 19.1. The molecule has 1 heterocycles. The van der Waals surface area contributed by atoms with Crippen LogP contribution >= 0.6 is 0 Å². The molecule has 24 heavy (non-hydrogen) atoms. The number of halogens is 1. The molecule has 0 unspecified atom stereocenters. The standard InChI is InChI=1S/C20H18FNO2/c1-3-6-14-17(11-13-9-10-18(21)12(2)22-13)20(24)16-8-5-4-7-15(16)19(14)23/h4-5,7-10H,3,6,11H2,1-2H3. The minimum absolute atomic E-state index is 0.0825. The Hall–Kier alpha value is -2.62. The second-order valence-electron chi connectivity index (χ2n) is 5.96. The molecule has 2 aromatic rings. The second-order valence-corrected chi connectivity index (χ2v) is 5.96. The number of nitrogens with zero attached hydrogens (tertiary/aromatic N) is 1. The van der Waals surface area contributed by atoms with Gasteiger partial charge in [-0.2, -0.15) is 0 Å². The number of aromatic nitrogens is 1. The molecule has 1 aromatic heterocycles. The van der Waals surface area contributed by atoms with Crippen molar-refractivity contribution in [2.24, 2.45) is 0 Å². The molecule has 4 heteroatoms. The molecule has 0 saturated heterocycles. The van der Waals surface area contributed by atoms with Crippen molar-refractivity contribution >= 4 is 11.6 Å². The van der Waals surface area contributed by atoms with Crippen LogP contribution in [0, 0.1) is 12.7 Å². The molecule has 0 radical (unpaired) electrons. The van der Waals surface area contributed by atoms with Gasteiger partial charge in [0.1, 0.15) is 5.82 Å². The summed E-state index contributed by atoms with van der Waals surface area (Å²) in [4.78, 5) is 29.9. The number of fused-ring (bicyclic) bond motifs is 1. The fourth-order valence-corrected chi connectivity index (χ4v) is 3.06. The summed E-state index contributed by atoms with van der Waals surface area (Å²) in [5.74, 6) is -0.587. The van der Waals surface area contributed by atoms with Crippen molar-refractivity contribution < 1.29 is 14.0 Å². The molecule has 0 amide bonds. The van der Waals surface area contributed by atoms with Gasteiger partial charge in [0, 0.05) is 34.4 Å². The minimum Gasteiger partial charge on any atom is -0.289 e. The number of carbonyl (C=O) groups is 2. The van der Waals surface area contributed by atoms with E-state index in [1.807, 2.05) is 6.92 Å². The maximum Gasteiger partial charge on any atom is 0.190 e. The average molecular weight is 323 g/mol. The van der Waals surface area contributed by atoms with Crippen LogP contribution < -0.4 is 0 Å². The van der Waals surface area contributed by atoms with E-state index in [2.05, 4.69) is 4.98 Å². The summed E-state index contributed by atoms with van der Waals surface area (Å²) in [7, 11) is 0. The van der Waals surface area contributed by atoms with Gasteiger partial charge >= 0.3 is 0 Å². The predicted octanol–water partition coefficient (Wildman–Crippen LogP) is 4.25. The Kier molecular flexibility index (Phi) is 4.38. The minimum atomic E-state index is -0.377. The topological polar surface area (TPSA) is 47.0 Å². The lowest BCUT2D eigenvalue weighted by Gasteiger charge is -2.21. The largest absolute Gasteiger partial charge is 0.289 e. The van der Waals surface area contributed by atoms with Gasteiger partial charge in [-0.25, -0.2) is 4.39 Å². The van der Waals surface area contributed by atoms with Crippen LogP contribution in [-0.2, 0) is 6.42 Å². The van der Waals surface area contributed by atoms with E-state index in [4.69, 9.17) is 0 Å². The molecule has 1 aliphatic carbocycles. The Balaban J connectivity index is 2.07. The number of rotatable bonds is 4. The van der Waals surface area contributed by atoms with E-state index in [0.717, 1.165) is 6.42 Å². The molecule has 3 rings (SSSR count). The van der Waals surface area contributed by atoms with Gasteiger partial charge < -0.3 is 0 Å². The number of aryl methyl sites for hydroxylation is 1. The van der Waals surface area contributed by atoms with Gasteiger partial charge in [-0.15, -0.1) is 0 Å². The van der Waals surface area contributed by atoms with Crippen LogP contribution in [0.25, 0.3) is 0 Å². The fourth-order valence-electron chi connectivity index (χ4n) is 3.06. The molecule has 1 aromatic carbocycles. The van der Waals surface area contributed by atoms with Crippen molar-refractivity contribution in [3.8, 4) is 0 Å². The van der Waals surface area contributed by atoms with Gasteiger partial charge in [0.15, 0.2) is 11.6 Å². The molecule has 3 nitrogen and oxygen atoms in total. The van der Waals surface area contributed by atoms with Gasteiger partial charge in [-0.1, -0.05) is 37.6 Å². The first kappa shape index (κ1) is 16.2. The molecule has 0 atom stereocenters. The van der Waals surface area contributed by atoms with E-state index in [1.54, 1.807) is 37.3 Å². The Morgan fingerprint density at radius 2 is 1.58 bits per heavy atom. The Bertz CT molecular complexity index is 868. The molecule has 0 aliphatic heterocycles. The van der Waals surface area contributed by atoms with Crippen molar-refractivity contribution in [1.82, 2.24) is 4.98 Å². The highest BCUT2D eigenvalue weighted by molar-refractivity contribution is 6.27. The zero-order valence-corrected chi connectivity index (χ0v) is 13.7. The van der Waals surface area contributed by atoms with E-state index in [-0.39, 0.29) is 23.8 Å². The van der Waals surface area contributed by atoms with Crippen LogP contribution in [0.5, 0.6) is 0 Å². The van der Waals surface area contributed by atoms with Gasteiger partial charge in [-0.05, 0) is 25.5 Å². The van der Waals surface area contributed by atoms with Crippen LogP contribution in [0.15, 0.2) is 47.5 Å². The first-order valence-corrected chi connectivity index (χ1v) is 8.05. The van der Waals surface area contributed by atoms with Crippen LogP contribution in [-0.4, -0.2) is 16.6 Å². The lowest BCUT2D eigenvalue weighted by Crippen LogP contribution is -2.23. The van der Waals surface area contributed by atoms with E-state index in [0.29, 0.717) is 40.1 Å². The normalized spacial score (nSPS) is 14.1.